The normalized spacial score (nSPS) is 11.7. The number of hydrogen-bond donors (Lipinski definition) is 0. The molecule has 45 heavy (non-hydrogen) atoms. The summed E-state index contributed by atoms with van der Waals surface area (Å²) < 4.78 is 13.3. The molecule has 0 spiro atoms. The first kappa shape index (κ1) is 25.6. The summed E-state index contributed by atoms with van der Waals surface area (Å²) in [4.78, 5) is 4.84. The molecule has 3 heterocycles. The number of fused-ring (bicyclic) bond motifs is 6. The topological polar surface area (TPSA) is 39.2 Å². The summed E-state index contributed by atoms with van der Waals surface area (Å²) in [6, 6.07) is 48.6. The van der Waals surface area contributed by atoms with Crippen molar-refractivity contribution in [1.82, 2.24) is 4.98 Å². The van der Waals surface area contributed by atoms with Gasteiger partial charge < -0.3 is 8.83 Å². The zero-order chi connectivity index (χ0) is 29.9. The number of aryl methyl sites for hydroxylation is 1. The minimum Gasteiger partial charge on any atom is -0.456 e. The zero-order valence-electron chi connectivity index (χ0n) is 24.6. The third-order valence-electron chi connectivity index (χ3n) is 8.85. The molecule has 0 aliphatic carbocycles. The van der Waals surface area contributed by atoms with Gasteiger partial charge >= 0.3 is 0 Å². The summed E-state index contributed by atoms with van der Waals surface area (Å²) in [6.45, 7) is 2.13. The second-order valence-corrected chi connectivity index (χ2v) is 11.6. The van der Waals surface area contributed by atoms with Gasteiger partial charge in [0.15, 0.2) is 0 Å². The highest BCUT2D eigenvalue weighted by Crippen LogP contribution is 2.47. The predicted molar refractivity (Wildman–Crippen MR) is 185 cm³/mol. The van der Waals surface area contributed by atoms with Gasteiger partial charge in [-0.25, -0.2) is 0 Å². The van der Waals surface area contributed by atoms with Crippen LogP contribution in [0.5, 0.6) is 0 Å². The van der Waals surface area contributed by atoms with Crippen LogP contribution in [0.4, 0.5) is 0 Å². The number of aromatic nitrogens is 1. The Morgan fingerprint density at radius 2 is 0.933 bits per heavy atom. The van der Waals surface area contributed by atoms with Crippen molar-refractivity contribution >= 4 is 43.9 Å². The maximum absolute atomic E-state index is 6.65. The van der Waals surface area contributed by atoms with E-state index < -0.39 is 0 Å². The van der Waals surface area contributed by atoms with Crippen molar-refractivity contribution in [3.05, 3.63) is 151 Å². The fourth-order valence-corrected chi connectivity index (χ4v) is 6.64. The van der Waals surface area contributed by atoms with Gasteiger partial charge in [-0.3, -0.25) is 4.98 Å². The third kappa shape index (κ3) is 4.16. The molecule has 3 aromatic heterocycles. The molecule has 0 aliphatic rings. The van der Waals surface area contributed by atoms with E-state index in [4.69, 9.17) is 13.8 Å². The van der Waals surface area contributed by atoms with E-state index in [0.29, 0.717) is 0 Å². The second kappa shape index (κ2) is 10.1. The highest BCUT2D eigenvalue weighted by atomic mass is 16.3. The number of pyridine rings is 1. The number of hydrogen-bond acceptors (Lipinski definition) is 3. The Kier molecular flexibility index (Phi) is 5.72. The first-order valence-electron chi connectivity index (χ1n) is 15.2. The largest absolute Gasteiger partial charge is 0.456 e. The quantitative estimate of drug-likeness (QED) is 0.209. The molecule has 0 atom stereocenters. The molecule has 0 saturated heterocycles. The van der Waals surface area contributed by atoms with E-state index in [1.54, 1.807) is 0 Å². The fraction of sp³-hybridized carbons (Fsp3) is 0.0238. The summed E-state index contributed by atoms with van der Waals surface area (Å²) in [6.07, 6.45) is 1.98. The first-order chi connectivity index (χ1) is 22.2. The molecule has 0 N–H and O–H groups in total. The molecule has 0 amide bonds. The zero-order valence-corrected chi connectivity index (χ0v) is 24.6. The van der Waals surface area contributed by atoms with Crippen LogP contribution in [0, 0.1) is 6.92 Å². The van der Waals surface area contributed by atoms with Crippen molar-refractivity contribution in [2.75, 3.05) is 0 Å². The molecule has 0 aliphatic heterocycles. The predicted octanol–water partition coefficient (Wildman–Crippen LogP) is 11.9. The van der Waals surface area contributed by atoms with Crippen molar-refractivity contribution in [2.24, 2.45) is 0 Å². The number of benzene rings is 6. The van der Waals surface area contributed by atoms with Gasteiger partial charge in [0.2, 0.25) is 0 Å². The number of nitrogens with zero attached hydrogens (tertiary/aromatic N) is 1. The van der Waals surface area contributed by atoms with Crippen LogP contribution in [0.2, 0.25) is 0 Å². The molecule has 9 rings (SSSR count). The van der Waals surface area contributed by atoms with Crippen molar-refractivity contribution in [2.45, 2.75) is 6.92 Å². The van der Waals surface area contributed by atoms with Gasteiger partial charge in [-0.15, -0.1) is 0 Å². The Hall–Kier alpha value is -5.93. The van der Waals surface area contributed by atoms with Gasteiger partial charge in [0.05, 0.1) is 5.69 Å². The summed E-state index contributed by atoms with van der Waals surface area (Å²) in [5.74, 6) is 0. The van der Waals surface area contributed by atoms with Crippen LogP contribution in [0.15, 0.2) is 155 Å². The molecule has 0 unspecified atom stereocenters. The molecule has 0 radical (unpaired) electrons. The van der Waals surface area contributed by atoms with Gasteiger partial charge in [0.1, 0.15) is 22.3 Å². The molecule has 0 fully saturated rings. The van der Waals surface area contributed by atoms with Crippen LogP contribution in [0.25, 0.3) is 88.5 Å². The van der Waals surface area contributed by atoms with Crippen LogP contribution in [-0.4, -0.2) is 4.98 Å². The Bertz CT molecular complexity index is 2390. The van der Waals surface area contributed by atoms with Crippen LogP contribution >= 0.6 is 0 Å². The lowest BCUT2D eigenvalue weighted by molar-refractivity contribution is 0.656. The summed E-state index contributed by atoms with van der Waals surface area (Å²) in [7, 11) is 0. The molecular formula is C42H27NO2. The van der Waals surface area contributed by atoms with E-state index in [0.717, 1.165) is 94.1 Å². The lowest BCUT2D eigenvalue weighted by Gasteiger charge is -2.12. The van der Waals surface area contributed by atoms with E-state index in [1.165, 1.54) is 0 Å². The van der Waals surface area contributed by atoms with Gasteiger partial charge in [0, 0.05) is 44.9 Å². The average Bonchev–Trinajstić information content (AvgIpc) is 3.65. The highest BCUT2D eigenvalue weighted by molar-refractivity contribution is 6.26. The Labute approximate surface area is 260 Å². The molecule has 0 saturated carbocycles. The Morgan fingerprint density at radius 1 is 0.444 bits per heavy atom. The molecular weight excluding hydrogens is 550 g/mol. The number of furan rings is 2. The second-order valence-electron chi connectivity index (χ2n) is 11.6. The molecule has 9 aromatic rings. The van der Waals surface area contributed by atoms with Gasteiger partial charge in [-0.1, -0.05) is 103 Å². The standard InChI is InChI=1S/C42H27NO2/c1-26-25-43-35(29-15-9-4-10-16-29)23-34(26)42-40-32-19-17-30(27-11-5-2-6-12-27)21-36(32)44-38(40)24-39-41(42)33-20-18-31(22-37(33)45-39)28-13-7-3-8-14-28/h2-25H,1H3. The van der Waals surface area contributed by atoms with Crippen LogP contribution in [-0.2, 0) is 0 Å². The number of rotatable bonds is 4. The SMILES string of the molecule is Cc1cnc(-c2ccccc2)cc1-c1c2c(cc3oc4cc(-c5ccccc5)ccc4c13)oc1cc(-c3ccccc3)ccc12. The van der Waals surface area contributed by atoms with Gasteiger partial charge in [-0.05, 0) is 70.6 Å². The Morgan fingerprint density at radius 3 is 1.44 bits per heavy atom. The first-order valence-corrected chi connectivity index (χ1v) is 15.2. The van der Waals surface area contributed by atoms with E-state index in [-0.39, 0.29) is 0 Å². The minimum atomic E-state index is 0.803. The third-order valence-corrected chi connectivity index (χ3v) is 8.85. The summed E-state index contributed by atoms with van der Waals surface area (Å²) in [5.41, 5.74) is 13.2. The van der Waals surface area contributed by atoms with Crippen LogP contribution in [0.3, 0.4) is 0 Å². The summed E-state index contributed by atoms with van der Waals surface area (Å²) >= 11 is 0. The lowest BCUT2D eigenvalue weighted by Crippen LogP contribution is -1.91. The van der Waals surface area contributed by atoms with Crippen molar-refractivity contribution in [3.8, 4) is 44.6 Å². The van der Waals surface area contributed by atoms with Gasteiger partial charge in [0.25, 0.3) is 0 Å². The van der Waals surface area contributed by atoms with Crippen molar-refractivity contribution in [1.29, 1.82) is 0 Å². The van der Waals surface area contributed by atoms with E-state index in [2.05, 4.69) is 128 Å². The molecule has 3 heteroatoms. The maximum atomic E-state index is 6.65. The minimum absolute atomic E-state index is 0.803. The summed E-state index contributed by atoms with van der Waals surface area (Å²) in [5, 5.41) is 4.32. The van der Waals surface area contributed by atoms with Crippen molar-refractivity contribution in [3.63, 3.8) is 0 Å². The average molecular weight is 578 g/mol. The smallest absolute Gasteiger partial charge is 0.139 e. The van der Waals surface area contributed by atoms with E-state index in [1.807, 2.05) is 24.4 Å². The van der Waals surface area contributed by atoms with Crippen LogP contribution in [0.1, 0.15) is 5.56 Å². The van der Waals surface area contributed by atoms with Crippen LogP contribution < -0.4 is 0 Å². The highest BCUT2D eigenvalue weighted by Gasteiger charge is 2.23. The molecule has 3 nitrogen and oxygen atoms in total. The monoisotopic (exact) mass is 577 g/mol. The van der Waals surface area contributed by atoms with E-state index in [9.17, 15) is 0 Å². The van der Waals surface area contributed by atoms with Crippen molar-refractivity contribution < 1.29 is 8.83 Å². The molecule has 212 valence electrons. The molecule has 6 aromatic carbocycles. The molecule has 0 bridgehead atoms. The lowest BCUT2D eigenvalue weighted by atomic mass is 9.91. The maximum Gasteiger partial charge on any atom is 0.139 e. The van der Waals surface area contributed by atoms with Gasteiger partial charge in [-0.2, -0.15) is 0 Å². The Balaban J connectivity index is 1.37. The van der Waals surface area contributed by atoms with E-state index >= 15 is 0 Å². The fourth-order valence-electron chi connectivity index (χ4n) is 6.64.